The Labute approximate surface area is 188 Å². The van der Waals surface area contributed by atoms with Crippen molar-refractivity contribution in [1.82, 2.24) is 10.2 Å². The molecule has 7 heteroatoms. The van der Waals surface area contributed by atoms with Gasteiger partial charge < -0.3 is 20.4 Å². The number of nitrogens with one attached hydrogen (secondary N) is 2. The Bertz CT molecular complexity index is 916. The second kappa shape index (κ2) is 10.3. The van der Waals surface area contributed by atoms with Gasteiger partial charge in [0.05, 0.1) is 0 Å². The predicted octanol–water partition coefficient (Wildman–Crippen LogP) is 3.53. The molecular formula is C25H30N4O3. The maximum Gasteiger partial charge on any atom is 0.321 e. The van der Waals surface area contributed by atoms with Crippen LogP contribution in [0, 0.1) is 5.92 Å². The van der Waals surface area contributed by atoms with Gasteiger partial charge in [0, 0.05) is 55.1 Å². The lowest BCUT2D eigenvalue weighted by Crippen LogP contribution is -2.50. The Hall–Kier alpha value is -3.35. The van der Waals surface area contributed by atoms with Gasteiger partial charge in [-0.05, 0) is 62.1 Å². The highest BCUT2D eigenvalue weighted by Gasteiger charge is 2.29. The molecule has 0 bridgehead atoms. The van der Waals surface area contributed by atoms with Crippen LogP contribution in [-0.2, 0) is 4.79 Å². The molecule has 7 nitrogen and oxygen atoms in total. The van der Waals surface area contributed by atoms with E-state index in [1.54, 1.807) is 0 Å². The van der Waals surface area contributed by atoms with Gasteiger partial charge in [0.25, 0.3) is 0 Å². The first-order valence-electron chi connectivity index (χ1n) is 11.3. The number of piperidine rings is 2. The Kier molecular flexibility index (Phi) is 7.04. The number of anilines is 2. The van der Waals surface area contributed by atoms with Gasteiger partial charge in [0.2, 0.25) is 5.91 Å². The normalized spacial score (nSPS) is 17.6. The van der Waals surface area contributed by atoms with E-state index in [1.807, 2.05) is 59.5 Å². The fourth-order valence-corrected chi connectivity index (χ4v) is 4.43. The molecule has 2 aromatic carbocycles. The molecule has 2 aromatic rings. The molecule has 0 unspecified atom stereocenters. The van der Waals surface area contributed by atoms with E-state index in [0.717, 1.165) is 56.4 Å². The molecule has 2 N–H and O–H groups in total. The molecule has 0 saturated carbocycles. The summed E-state index contributed by atoms with van der Waals surface area (Å²) in [5, 5.41) is 6.13. The number of hydrogen-bond acceptors (Lipinski definition) is 4. The van der Waals surface area contributed by atoms with Crippen LogP contribution < -0.4 is 15.5 Å². The number of amides is 3. The summed E-state index contributed by atoms with van der Waals surface area (Å²) in [6.45, 7) is 2.94. The molecule has 3 amide bonds. The van der Waals surface area contributed by atoms with Crippen molar-refractivity contribution in [1.29, 1.82) is 0 Å². The molecule has 0 aliphatic carbocycles. The second-order valence-corrected chi connectivity index (χ2v) is 8.54. The Balaban J connectivity index is 1.19. The van der Waals surface area contributed by atoms with E-state index in [2.05, 4.69) is 15.5 Å². The quantitative estimate of drug-likeness (QED) is 0.706. The fraction of sp³-hybridized carbons (Fsp3) is 0.400. The number of likely N-dealkylation sites (tertiary alicyclic amines) is 1. The van der Waals surface area contributed by atoms with Gasteiger partial charge in [-0.1, -0.05) is 18.2 Å². The van der Waals surface area contributed by atoms with Crippen molar-refractivity contribution in [3.8, 4) is 0 Å². The van der Waals surface area contributed by atoms with Gasteiger partial charge in [-0.25, -0.2) is 4.79 Å². The third-order valence-electron chi connectivity index (χ3n) is 6.41. The number of benzene rings is 2. The monoisotopic (exact) mass is 434 g/mol. The summed E-state index contributed by atoms with van der Waals surface area (Å²) in [5.41, 5.74) is 2.56. The minimum absolute atomic E-state index is 0.0277. The predicted molar refractivity (Wildman–Crippen MR) is 125 cm³/mol. The zero-order chi connectivity index (χ0) is 22.3. The van der Waals surface area contributed by atoms with E-state index < -0.39 is 0 Å². The van der Waals surface area contributed by atoms with Gasteiger partial charge >= 0.3 is 6.03 Å². The van der Waals surface area contributed by atoms with Crippen molar-refractivity contribution in [2.75, 3.05) is 36.4 Å². The van der Waals surface area contributed by atoms with Crippen LogP contribution in [0.1, 0.15) is 36.0 Å². The molecule has 0 aromatic heterocycles. The number of carbonyl (C=O) groups excluding carboxylic acids is 3. The van der Waals surface area contributed by atoms with Crippen LogP contribution in [0.5, 0.6) is 0 Å². The first-order chi connectivity index (χ1) is 15.6. The lowest BCUT2D eigenvalue weighted by molar-refractivity contribution is -0.126. The second-order valence-electron chi connectivity index (χ2n) is 8.54. The van der Waals surface area contributed by atoms with Gasteiger partial charge in [-0.3, -0.25) is 9.59 Å². The van der Waals surface area contributed by atoms with Crippen molar-refractivity contribution in [2.45, 2.75) is 31.7 Å². The molecular weight excluding hydrogens is 404 g/mol. The number of para-hydroxylation sites is 1. The van der Waals surface area contributed by atoms with E-state index in [4.69, 9.17) is 0 Å². The van der Waals surface area contributed by atoms with Crippen LogP contribution in [0.25, 0.3) is 0 Å². The van der Waals surface area contributed by atoms with Crippen LogP contribution in [-0.4, -0.2) is 55.3 Å². The highest BCUT2D eigenvalue weighted by atomic mass is 16.2. The van der Waals surface area contributed by atoms with Crippen molar-refractivity contribution in [3.05, 3.63) is 60.2 Å². The highest BCUT2D eigenvalue weighted by Crippen LogP contribution is 2.24. The topological polar surface area (TPSA) is 81.8 Å². The summed E-state index contributed by atoms with van der Waals surface area (Å²) in [6.07, 6.45) is 4.03. The summed E-state index contributed by atoms with van der Waals surface area (Å²) < 4.78 is 0. The van der Waals surface area contributed by atoms with E-state index >= 15 is 0 Å². The van der Waals surface area contributed by atoms with Crippen LogP contribution in [0.4, 0.5) is 16.2 Å². The zero-order valence-electron chi connectivity index (χ0n) is 18.2. The van der Waals surface area contributed by atoms with Gasteiger partial charge in [-0.15, -0.1) is 0 Å². The summed E-state index contributed by atoms with van der Waals surface area (Å²) >= 11 is 0. The fourth-order valence-electron chi connectivity index (χ4n) is 4.43. The standard InChI is InChI=1S/C25H30N4O3/c30-18-19-6-8-23(9-7-19)28-14-10-20(11-15-28)24(31)26-22-12-16-29(17-13-22)25(32)27-21-4-2-1-3-5-21/h1-9,18,20,22H,10-17H2,(H,26,31)(H,27,32). The smallest absolute Gasteiger partial charge is 0.321 e. The van der Waals surface area contributed by atoms with Gasteiger partial charge in [0.1, 0.15) is 6.29 Å². The number of urea groups is 1. The van der Waals surface area contributed by atoms with Gasteiger partial charge in [0.15, 0.2) is 0 Å². The van der Waals surface area contributed by atoms with Crippen LogP contribution in [0.2, 0.25) is 0 Å². The molecule has 2 saturated heterocycles. The molecule has 0 spiro atoms. The maximum absolute atomic E-state index is 12.8. The average Bonchev–Trinajstić information content (AvgIpc) is 2.85. The molecule has 2 heterocycles. The molecule has 2 aliphatic heterocycles. The summed E-state index contributed by atoms with van der Waals surface area (Å²) in [6, 6.07) is 17.1. The average molecular weight is 435 g/mol. The van der Waals surface area contributed by atoms with E-state index in [1.165, 1.54) is 0 Å². The lowest BCUT2D eigenvalue weighted by atomic mass is 9.94. The SMILES string of the molecule is O=Cc1ccc(N2CCC(C(=O)NC3CCN(C(=O)Nc4ccccc4)CC3)CC2)cc1. The first kappa shape index (κ1) is 21.9. The lowest BCUT2D eigenvalue weighted by Gasteiger charge is -2.35. The number of rotatable bonds is 5. The molecule has 2 fully saturated rings. The minimum Gasteiger partial charge on any atom is -0.371 e. The molecule has 4 rings (SSSR count). The van der Waals surface area contributed by atoms with Crippen molar-refractivity contribution in [2.24, 2.45) is 5.92 Å². The van der Waals surface area contributed by atoms with Crippen LogP contribution >= 0.6 is 0 Å². The zero-order valence-corrected chi connectivity index (χ0v) is 18.2. The number of aldehydes is 1. The largest absolute Gasteiger partial charge is 0.371 e. The summed E-state index contributed by atoms with van der Waals surface area (Å²) in [5.74, 6) is 0.160. The molecule has 0 atom stereocenters. The van der Waals surface area contributed by atoms with Crippen molar-refractivity contribution >= 4 is 29.6 Å². The van der Waals surface area contributed by atoms with Crippen LogP contribution in [0.15, 0.2) is 54.6 Å². The minimum atomic E-state index is -0.0884. The van der Waals surface area contributed by atoms with E-state index in [0.29, 0.717) is 18.7 Å². The molecule has 168 valence electrons. The molecule has 32 heavy (non-hydrogen) atoms. The van der Waals surface area contributed by atoms with Crippen molar-refractivity contribution in [3.63, 3.8) is 0 Å². The number of hydrogen-bond donors (Lipinski definition) is 2. The van der Waals surface area contributed by atoms with Gasteiger partial charge in [-0.2, -0.15) is 0 Å². The third kappa shape index (κ3) is 5.46. The first-order valence-corrected chi connectivity index (χ1v) is 11.3. The summed E-state index contributed by atoms with van der Waals surface area (Å²) in [4.78, 5) is 40.1. The highest BCUT2D eigenvalue weighted by molar-refractivity contribution is 5.89. The van der Waals surface area contributed by atoms with Crippen molar-refractivity contribution < 1.29 is 14.4 Å². The van der Waals surface area contributed by atoms with Crippen LogP contribution in [0.3, 0.4) is 0 Å². The Morgan fingerprint density at radius 3 is 2.12 bits per heavy atom. The number of nitrogens with zero attached hydrogens (tertiary/aromatic N) is 2. The summed E-state index contributed by atoms with van der Waals surface area (Å²) in [7, 11) is 0. The van der Waals surface area contributed by atoms with E-state index in [-0.39, 0.29) is 23.9 Å². The molecule has 2 aliphatic rings. The Morgan fingerprint density at radius 2 is 1.50 bits per heavy atom. The maximum atomic E-state index is 12.8. The molecule has 0 radical (unpaired) electrons. The number of carbonyl (C=O) groups is 3. The van der Waals surface area contributed by atoms with E-state index in [9.17, 15) is 14.4 Å². The third-order valence-corrected chi connectivity index (χ3v) is 6.41. The Morgan fingerprint density at radius 1 is 0.844 bits per heavy atom.